The number of aryl methyl sites for hydroxylation is 1. The van der Waals surface area contributed by atoms with Crippen LogP contribution < -0.4 is 5.32 Å². The number of anilines is 1. The third-order valence-corrected chi connectivity index (χ3v) is 2.46. The van der Waals surface area contributed by atoms with Crippen molar-refractivity contribution in [3.8, 4) is 0 Å². The first-order valence-corrected chi connectivity index (χ1v) is 5.85. The number of hydrogen-bond donors (Lipinski definition) is 1. The molecule has 0 aliphatic rings. The Morgan fingerprint density at radius 3 is 2.76 bits per heavy atom. The smallest absolute Gasteiger partial charge is 0.341 e. The van der Waals surface area contributed by atoms with Gasteiger partial charge in [0.25, 0.3) is 0 Å². The summed E-state index contributed by atoms with van der Waals surface area (Å²) < 4.78 is 4.91. The van der Waals surface area contributed by atoms with Crippen LogP contribution in [0.4, 0.5) is 5.95 Å². The molecule has 0 radical (unpaired) electrons. The second-order valence-electron chi connectivity index (χ2n) is 3.87. The molecule has 1 rings (SSSR count). The minimum absolute atomic E-state index is 0.308. The number of hydrogen-bond acceptors (Lipinski definition) is 5. The highest BCUT2D eigenvalue weighted by atomic mass is 16.5. The average Bonchev–Trinajstić information content (AvgIpc) is 2.29. The van der Waals surface area contributed by atoms with Gasteiger partial charge in [0.1, 0.15) is 0 Å². The summed E-state index contributed by atoms with van der Waals surface area (Å²) in [4.78, 5) is 19.9. The van der Waals surface area contributed by atoms with Crippen LogP contribution in [-0.4, -0.2) is 28.6 Å². The fraction of sp³-hybridized carbons (Fsp3) is 0.583. The van der Waals surface area contributed by atoms with E-state index < -0.39 is 0 Å². The number of carbonyl (C=O) groups is 1. The summed E-state index contributed by atoms with van der Waals surface area (Å²) in [6.45, 7) is 8.03. The number of esters is 1. The van der Waals surface area contributed by atoms with Gasteiger partial charge in [-0.15, -0.1) is 0 Å². The third-order valence-electron chi connectivity index (χ3n) is 2.46. The summed E-state index contributed by atoms with van der Waals surface area (Å²) in [6.07, 6.45) is 2.49. The maximum Gasteiger partial charge on any atom is 0.341 e. The highest BCUT2D eigenvalue weighted by molar-refractivity contribution is 5.90. The van der Waals surface area contributed by atoms with E-state index in [2.05, 4.69) is 29.1 Å². The molecule has 17 heavy (non-hydrogen) atoms. The van der Waals surface area contributed by atoms with Crippen molar-refractivity contribution in [1.29, 1.82) is 0 Å². The van der Waals surface area contributed by atoms with E-state index in [4.69, 9.17) is 4.74 Å². The van der Waals surface area contributed by atoms with Crippen molar-refractivity contribution in [3.63, 3.8) is 0 Å². The van der Waals surface area contributed by atoms with Crippen LogP contribution in [0.5, 0.6) is 0 Å². The van der Waals surface area contributed by atoms with E-state index >= 15 is 0 Å². The molecule has 0 fully saturated rings. The van der Waals surface area contributed by atoms with Crippen molar-refractivity contribution in [3.05, 3.63) is 17.5 Å². The highest BCUT2D eigenvalue weighted by Gasteiger charge is 2.12. The molecule has 94 valence electrons. The molecule has 1 aromatic rings. The lowest BCUT2D eigenvalue weighted by atomic mass is 10.2. The van der Waals surface area contributed by atoms with Gasteiger partial charge in [0.15, 0.2) is 0 Å². The van der Waals surface area contributed by atoms with Gasteiger partial charge in [-0.2, -0.15) is 0 Å². The fourth-order valence-electron chi connectivity index (χ4n) is 1.27. The molecule has 0 saturated carbocycles. The second kappa shape index (κ2) is 6.18. The van der Waals surface area contributed by atoms with Crippen molar-refractivity contribution >= 4 is 11.9 Å². The Balaban J connectivity index is 2.82. The molecule has 0 bridgehead atoms. The van der Waals surface area contributed by atoms with Gasteiger partial charge >= 0.3 is 5.97 Å². The summed E-state index contributed by atoms with van der Waals surface area (Å²) in [5.41, 5.74) is 1.05. The molecule has 0 spiro atoms. The Morgan fingerprint density at radius 2 is 2.24 bits per heavy atom. The molecule has 0 aliphatic heterocycles. The first-order valence-electron chi connectivity index (χ1n) is 5.85. The lowest BCUT2D eigenvalue weighted by Crippen LogP contribution is -2.17. The van der Waals surface area contributed by atoms with Crippen LogP contribution in [-0.2, 0) is 4.74 Å². The molecule has 1 aromatic heterocycles. The van der Waals surface area contributed by atoms with Gasteiger partial charge in [0.2, 0.25) is 5.95 Å². The number of rotatable bonds is 5. The quantitative estimate of drug-likeness (QED) is 0.795. The molecule has 0 saturated heterocycles. The molecule has 5 heteroatoms. The monoisotopic (exact) mass is 237 g/mol. The molecule has 1 atom stereocenters. The predicted octanol–water partition coefficient (Wildman–Crippen LogP) is 2.17. The van der Waals surface area contributed by atoms with Gasteiger partial charge < -0.3 is 10.1 Å². The predicted molar refractivity (Wildman–Crippen MR) is 66.1 cm³/mol. The van der Waals surface area contributed by atoms with Crippen LogP contribution in [0, 0.1) is 6.92 Å². The largest absolute Gasteiger partial charge is 0.462 e. The number of aromatic nitrogens is 2. The van der Waals surface area contributed by atoms with Crippen molar-refractivity contribution in [2.45, 2.75) is 40.2 Å². The lowest BCUT2D eigenvalue weighted by molar-refractivity contribution is 0.0524. The van der Waals surface area contributed by atoms with Gasteiger partial charge in [0, 0.05) is 12.2 Å². The Morgan fingerprint density at radius 1 is 1.53 bits per heavy atom. The van der Waals surface area contributed by atoms with Crippen LogP contribution in [0.15, 0.2) is 6.20 Å². The maximum atomic E-state index is 11.5. The van der Waals surface area contributed by atoms with E-state index in [1.807, 2.05) is 0 Å². The molecule has 5 nitrogen and oxygen atoms in total. The van der Waals surface area contributed by atoms with Gasteiger partial charge in [-0.25, -0.2) is 14.8 Å². The Kier molecular flexibility index (Phi) is 4.87. The van der Waals surface area contributed by atoms with Crippen molar-refractivity contribution in [2.75, 3.05) is 11.9 Å². The number of carbonyl (C=O) groups excluding carboxylic acids is 1. The molecule has 0 amide bonds. The summed E-state index contributed by atoms with van der Waals surface area (Å²) in [5, 5.41) is 3.16. The van der Waals surface area contributed by atoms with Crippen molar-refractivity contribution in [2.24, 2.45) is 0 Å². The second-order valence-corrected chi connectivity index (χ2v) is 3.87. The Labute approximate surface area is 102 Å². The SMILES string of the molecule is CCOC(=O)c1cnc(NC(C)CC)nc1C. The number of ether oxygens (including phenoxy) is 1. The van der Waals surface area contributed by atoms with Gasteiger partial charge in [-0.1, -0.05) is 6.92 Å². The molecular formula is C12H19N3O2. The molecule has 1 unspecified atom stereocenters. The van der Waals surface area contributed by atoms with E-state index in [1.165, 1.54) is 6.20 Å². The Hall–Kier alpha value is -1.65. The normalized spacial score (nSPS) is 12.0. The first kappa shape index (κ1) is 13.4. The summed E-state index contributed by atoms with van der Waals surface area (Å²) in [7, 11) is 0. The molecule has 1 heterocycles. The third kappa shape index (κ3) is 3.69. The minimum Gasteiger partial charge on any atom is -0.462 e. The zero-order chi connectivity index (χ0) is 12.8. The molecule has 0 aliphatic carbocycles. The standard InChI is InChI=1S/C12H19N3O2/c1-5-8(3)14-12-13-7-10(9(4)15-12)11(16)17-6-2/h7-8H,5-6H2,1-4H3,(H,13,14,15). The lowest BCUT2D eigenvalue weighted by Gasteiger charge is -2.12. The van der Waals surface area contributed by atoms with Crippen LogP contribution >= 0.6 is 0 Å². The topological polar surface area (TPSA) is 64.1 Å². The zero-order valence-electron chi connectivity index (χ0n) is 10.8. The van der Waals surface area contributed by atoms with E-state index in [9.17, 15) is 4.79 Å². The van der Waals surface area contributed by atoms with E-state index in [1.54, 1.807) is 13.8 Å². The summed E-state index contributed by atoms with van der Waals surface area (Å²) in [6, 6.07) is 0.308. The number of nitrogens with one attached hydrogen (secondary N) is 1. The highest BCUT2D eigenvalue weighted by Crippen LogP contribution is 2.10. The fourth-order valence-corrected chi connectivity index (χ4v) is 1.27. The Bertz CT molecular complexity index is 393. The minimum atomic E-state index is -0.375. The van der Waals surface area contributed by atoms with E-state index in [0.29, 0.717) is 29.9 Å². The van der Waals surface area contributed by atoms with Crippen molar-refractivity contribution in [1.82, 2.24) is 9.97 Å². The van der Waals surface area contributed by atoms with Gasteiger partial charge in [-0.3, -0.25) is 0 Å². The summed E-state index contributed by atoms with van der Waals surface area (Å²) >= 11 is 0. The summed E-state index contributed by atoms with van der Waals surface area (Å²) in [5.74, 6) is 0.171. The van der Waals surface area contributed by atoms with Gasteiger partial charge in [0.05, 0.1) is 17.9 Å². The van der Waals surface area contributed by atoms with Crippen LogP contribution in [0.25, 0.3) is 0 Å². The molecule has 0 aromatic carbocycles. The van der Waals surface area contributed by atoms with E-state index in [-0.39, 0.29) is 5.97 Å². The first-order chi connectivity index (χ1) is 8.08. The maximum absolute atomic E-state index is 11.5. The zero-order valence-corrected chi connectivity index (χ0v) is 10.8. The molecule has 1 N–H and O–H groups in total. The van der Waals surface area contributed by atoms with Crippen LogP contribution in [0.2, 0.25) is 0 Å². The van der Waals surface area contributed by atoms with Crippen LogP contribution in [0.1, 0.15) is 43.2 Å². The molecular weight excluding hydrogens is 218 g/mol. The van der Waals surface area contributed by atoms with Crippen molar-refractivity contribution < 1.29 is 9.53 Å². The van der Waals surface area contributed by atoms with Gasteiger partial charge in [-0.05, 0) is 27.2 Å². The number of nitrogens with zero attached hydrogens (tertiary/aromatic N) is 2. The van der Waals surface area contributed by atoms with E-state index in [0.717, 1.165) is 6.42 Å². The van der Waals surface area contributed by atoms with Crippen LogP contribution in [0.3, 0.4) is 0 Å². The average molecular weight is 237 g/mol.